The van der Waals surface area contributed by atoms with Gasteiger partial charge in [0.05, 0.1) is 0 Å². The second-order valence-corrected chi connectivity index (χ2v) is 4.37. The summed E-state index contributed by atoms with van der Waals surface area (Å²) in [4.78, 5) is 9.57. The molecule has 1 unspecified atom stereocenters. The van der Waals surface area contributed by atoms with Crippen LogP contribution in [-0.2, 0) is 4.79 Å². The normalized spacial score (nSPS) is 11.1. The van der Waals surface area contributed by atoms with E-state index in [-0.39, 0.29) is 0 Å². The lowest BCUT2D eigenvalue weighted by Crippen LogP contribution is -2.25. The molecule has 0 bridgehead atoms. The van der Waals surface area contributed by atoms with Crippen LogP contribution in [0.1, 0.15) is 6.92 Å². The lowest BCUT2D eigenvalue weighted by Gasteiger charge is -2.02. The van der Waals surface area contributed by atoms with Gasteiger partial charge in [0.25, 0.3) is 0 Å². The molecule has 20 heavy (non-hydrogen) atoms. The van der Waals surface area contributed by atoms with Crippen LogP contribution in [0.4, 0.5) is 11.4 Å². The molecule has 2 aromatic rings. The average Bonchev–Trinajstić information content (AvgIpc) is 2.41. The van der Waals surface area contributed by atoms with Crippen LogP contribution in [0.3, 0.4) is 0 Å². The van der Waals surface area contributed by atoms with Crippen molar-refractivity contribution in [3.63, 3.8) is 0 Å². The van der Waals surface area contributed by atoms with Crippen LogP contribution in [0.2, 0.25) is 0 Å². The summed E-state index contributed by atoms with van der Waals surface area (Å²) in [6.07, 6.45) is 0. The lowest BCUT2D eigenvalue weighted by atomic mass is 10.1. The monoisotopic (exact) mass is 273 g/mol. The largest absolute Gasteiger partial charge is 0.480 e. The second-order valence-electron chi connectivity index (χ2n) is 4.37. The number of anilines is 2. The zero-order valence-corrected chi connectivity index (χ0v) is 11.3. The van der Waals surface area contributed by atoms with Crippen molar-refractivity contribution in [2.45, 2.75) is 13.0 Å². The predicted molar refractivity (Wildman–Crippen MR) is 82.0 cm³/mol. The molecule has 5 nitrogen and oxygen atoms in total. The molecule has 2 rings (SSSR count). The zero-order valence-electron chi connectivity index (χ0n) is 11.3. The van der Waals surface area contributed by atoms with E-state index in [0.717, 1.165) is 22.5 Å². The Morgan fingerprint density at radius 2 is 1.15 bits per heavy atom. The van der Waals surface area contributed by atoms with Crippen molar-refractivity contribution in [2.24, 2.45) is 5.73 Å². The van der Waals surface area contributed by atoms with Gasteiger partial charge in [0.15, 0.2) is 0 Å². The molecule has 0 aromatic heterocycles. The van der Waals surface area contributed by atoms with E-state index in [9.17, 15) is 4.79 Å². The molecule has 0 aliphatic carbocycles. The lowest BCUT2D eigenvalue weighted by molar-refractivity contribution is -0.138. The number of carboxylic acid groups (broad SMARTS) is 1. The molecule has 0 fully saturated rings. The number of aliphatic carboxylic acids is 1. The minimum Gasteiger partial charge on any atom is -0.480 e. The highest BCUT2D eigenvalue weighted by molar-refractivity contribution is 5.72. The molecular weight excluding hydrogens is 254 g/mol. The van der Waals surface area contributed by atoms with Gasteiger partial charge < -0.3 is 22.3 Å². The first-order valence-electron chi connectivity index (χ1n) is 6.10. The van der Waals surface area contributed by atoms with Crippen LogP contribution in [-0.4, -0.2) is 17.1 Å². The van der Waals surface area contributed by atoms with Crippen molar-refractivity contribution in [3.05, 3.63) is 48.5 Å². The van der Waals surface area contributed by atoms with Gasteiger partial charge in [-0.25, -0.2) is 0 Å². The van der Waals surface area contributed by atoms with Gasteiger partial charge in [-0.15, -0.1) is 0 Å². The molecule has 0 radical (unpaired) electrons. The SMILES string of the molecule is CC(N)C(=O)O.Nc1ccc(-c2ccc(N)cc2)cc1. The number of carboxylic acids is 1. The van der Waals surface area contributed by atoms with E-state index in [1.807, 2.05) is 48.5 Å². The first kappa shape index (κ1) is 15.5. The van der Waals surface area contributed by atoms with Gasteiger partial charge in [0.1, 0.15) is 6.04 Å². The molecule has 0 heterocycles. The van der Waals surface area contributed by atoms with Gasteiger partial charge in [-0.1, -0.05) is 24.3 Å². The molecule has 0 amide bonds. The summed E-state index contributed by atoms with van der Waals surface area (Å²) in [6, 6.07) is 14.9. The molecule has 7 N–H and O–H groups in total. The fraction of sp³-hybridized carbons (Fsp3) is 0.133. The van der Waals surface area contributed by atoms with Gasteiger partial charge in [-0.3, -0.25) is 4.79 Å². The third-order valence-corrected chi connectivity index (χ3v) is 2.54. The summed E-state index contributed by atoms with van der Waals surface area (Å²) in [5, 5.41) is 7.87. The Balaban J connectivity index is 0.000000286. The topological polar surface area (TPSA) is 115 Å². The maximum Gasteiger partial charge on any atom is 0.320 e. The highest BCUT2D eigenvalue weighted by Gasteiger charge is 1.99. The Hall–Kier alpha value is -2.53. The summed E-state index contributed by atoms with van der Waals surface area (Å²) in [5.74, 6) is -0.963. The highest BCUT2D eigenvalue weighted by atomic mass is 16.4. The van der Waals surface area contributed by atoms with E-state index in [0.29, 0.717) is 0 Å². The third-order valence-electron chi connectivity index (χ3n) is 2.54. The summed E-state index contributed by atoms with van der Waals surface area (Å²) in [7, 11) is 0. The molecule has 0 aliphatic rings. The van der Waals surface area contributed by atoms with Gasteiger partial charge in [-0.05, 0) is 42.3 Å². The smallest absolute Gasteiger partial charge is 0.320 e. The van der Waals surface area contributed by atoms with Crippen LogP contribution in [0.25, 0.3) is 11.1 Å². The van der Waals surface area contributed by atoms with Crippen LogP contribution in [0, 0.1) is 0 Å². The summed E-state index contributed by atoms with van der Waals surface area (Å²) >= 11 is 0. The van der Waals surface area contributed by atoms with Crippen molar-refractivity contribution in [2.75, 3.05) is 11.5 Å². The number of carbonyl (C=O) groups is 1. The molecule has 0 saturated heterocycles. The number of rotatable bonds is 2. The van der Waals surface area contributed by atoms with Gasteiger partial charge in [0.2, 0.25) is 0 Å². The third kappa shape index (κ3) is 4.99. The molecule has 106 valence electrons. The van der Waals surface area contributed by atoms with Crippen LogP contribution in [0.15, 0.2) is 48.5 Å². The molecule has 0 spiro atoms. The molecule has 0 aliphatic heterocycles. The zero-order chi connectivity index (χ0) is 15.1. The Bertz CT molecular complexity index is 505. The molecule has 2 aromatic carbocycles. The standard InChI is InChI=1S/C12H12N2.C3H7NO2/c13-11-5-1-9(2-6-11)10-3-7-12(14)8-4-10;1-2(4)3(5)6/h1-8H,13-14H2;2H,4H2,1H3,(H,5,6). The summed E-state index contributed by atoms with van der Waals surface area (Å²) < 4.78 is 0. The fourth-order valence-electron chi connectivity index (χ4n) is 1.35. The quantitative estimate of drug-likeness (QED) is 0.624. The van der Waals surface area contributed by atoms with E-state index in [1.165, 1.54) is 6.92 Å². The van der Waals surface area contributed by atoms with Crippen LogP contribution in [0.5, 0.6) is 0 Å². The van der Waals surface area contributed by atoms with Gasteiger partial charge in [-0.2, -0.15) is 0 Å². The van der Waals surface area contributed by atoms with Gasteiger partial charge in [0, 0.05) is 11.4 Å². The minimum atomic E-state index is -0.963. The Morgan fingerprint density at radius 3 is 1.35 bits per heavy atom. The fourth-order valence-corrected chi connectivity index (χ4v) is 1.35. The molecule has 5 heteroatoms. The number of nitrogen functional groups attached to an aromatic ring is 2. The molecule has 1 atom stereocenters. The average molecular weight is 273 g/mol. The van der Waals surface area contributed by atoms with Gasteiger partial charge >= 0.3 is 5.97 Å². The van der Waals surface area contributed by atoms with Crippen molar-refractivity contribution in [1.29, 1.82) is 0 Å². The van der Waals surface area contributed by atoms with Crippen molar-refractivity contribution in [3.8, 4) is 11.1 Å². The van der Waals surface area contributed by atoms with Crippen LogP contribution >= 0.6 is 0 Å². The number of benzene rings is 2. The van der Waals surface area contributed by atoms with E-state index < -0.39 is 12.0 Å². The minimum absolute atomic E-state index is 0.731. The second kappa shape index (κ2) is 7.16. The van der Waals surface area contributed by atoms with E-state index in [4.69, 9.17) is 22.3 Å². The van der Waals surface area contributed by atoms with E-state index in [2.05, 4.69) is 0 Å². The Kier molecular flexibility index (Phi) is 5.56. The van der Waals surface area contributed by atoms with Crippen molar-refractivity contribution in [1.82, 2.24) is 0 Å². The summed E-state index contributed by atoms with van der Waals surface area (Å²) in [5.41, 5.74) is 19.9. The highest BCUT2D eigenvalue weighted by Crippen LogP contribution is 2.21. The predicted octanol–water partition coefficient (Wildman–Crippen LogP) is 1.94. The van der Waals surface area contributed by atoms with E-state index >= 15 is 0 Å². The van der Waals surface area contributed by atoms with Crippen molar-refractivity contribution < 1.29 is 9.90 Å². The Labute approximate surface area is 118 Å². The molecule has 0 saturated carbocycles. The number of hydrogen-bond donors (Lipinski definition) is 4. The molecular formula is C15H19N3O2. The van der Waals surface area contributed by atoms with E-state index in [1.54, 1.807) is 0 Å². The maximum absolute atomic E-state index is 9.57. The van der Waals surface area contributed by atoms with Crippen LogP contribution < -0.4 is 17.2 Å². The number of hydrogen-bond acceptors (Lipinski definition) is 4. The Morgan fingerprint density at radius 1 is 0.900 bits per heavy atom. The number of nitrogens with two attached hydrogens (primary N) is 3. The summed E-state index contributed by atoms with van der Waals surface area (Å²) in [6.45, 7) is 1.42. The first-order valence-corrected chi connectivity index (χ1v) is 6.10. The van der Waals surface area contributed by atoms with Crippen molar-refractivity contribution >= 4 is 17.3 Å². The maximum atomic E-state index is 9.57. The first-order chi connectivity index (χ1) is 9.40.